The average Bonchev–Trinajstić information content (AvgIpc) is 3.24. The van der Waals surface area contributed by atoms with E-state index in [4.69, 9.17) is 19.3 Å². The van der Waals surface area contributed by atoms with Crippen LogP contribution in [0.1, 0.15) is 118 Å². The van der Waals surface area contributed by atoms with Crippen LogP contribution in [0.15, 0.2) is 24.3 Å². The largest absolute Gasteiger partial charge is 1.00 e. The van der Waals surface area contributed by atoms with Crippen LogP contribution in [0.2, 0.25) is 0 Å². The fraction of sp³-hybridized carbons (Fsp3) is 0.756. The molecule has 0 aliphatic heterocycles. The topological polar surface area (TPSA) is 426 Å². The molecule has 0 amide bonds. The Bertz CT molecular complexity index is 2150. The zero-order valence-electron chi connectivity index (χ0n) is 44.7. The minimum atomic E-state index is -4.49. The molecule has 0 saturated carbocycles. The first-order chi connectivity index (χ1) is 32.2. The van der Waals surface area contributed by atoms with E-state index in [0.29, 0.717) is 37.2 Å². The van der Waals surface area contributed by atoms with Gasteiger partial charge in [-0.05, 0) is 49.1 Å². The molecule has 0 aliphatic rings. The Morgan fingerprint density at radius 3 is 1.07 bits per heavy atom. The molecule has 0 aromatic heterocycles. The summed E-state index contributed by atoms with van der Waals surface area (Å²) in [6, 6.07) is 7.18. The summed E-state index contributed by atoms with van der Waals surface area (Å²) >= 11 is 0. The molecule has 25 nitrogen and oxygen atoms in total. The Hall–Kier alpha value is -0.430. The standard InChI is InChI=1S/C11H16O3S.2C8H16O6S.2C7H14O5S.3Na/c1-3-9(2)11-6-4-10(5-7-11)8-15(12,13)14;2*1-3-6(2)8(10)14-4-7(9)5-15(11,12)13;2*1-3-6(2)7(8)12-4-5-13(9,10)11;;;/h4-7,9H,3,8H2,1-2H3,(H,12,13,14);2*6-7,9H,3-5H2,1-2H3,(H,11,12,13);2*6H,3-5H2,1-2H3,(H,9,10,11);;;/q;;;;;3*+1/p-3. The molecule has 1 aromatic rings. The summed E-state index contributed by atoms with van der Waals surface area (Å²) in [5.41, 5.74) is 1.72. The van der Waals surface area contributed by atoms with Crippen molar-refractivity contribution in [1.29, 1.82) is 0 Å². The maximum absolute atomic E-state index is 11.1. The number of ether oxygens (including phenoxy) is 4. The molecular weight excluding hydrogens is 1120 g/mol. The zero-order chi connectivity index (χ0) is 56.6. The van der Waals surface area contributed by atoms with Crippen LogP contribution in [0, 0.1) is 23.7 Å². The van der Waals surface area contributed by atoms with Crippen molar-refractivity contribution in [3.8, 4) is 0 Å². The summed E-state index contributed by atoms with van der Waals surface area (Å²) in [6.45, 7) is 16.6. The molecule has 0 fully saturated rings. The van der Waals surface area contributed by atoms with Crippen molar-refractivity contribution < 1.29 is 202 Å². The molecule has 1 aromatic carbocycles. The van der Waals surface area contributed by atoms with E-state index in [1.165, 1.54) is 5.56 Å². The number of hydrogen-bond donors (Lipinski definition) is 4. The first kappa shape index (κ1) is 87.4. The van der Waals surface area contributed by atoms with Gasteiger partial charge in [-0.1, -0.05) is 93.5 Å². The molecule has 0 bridgehead atoms. The molecule has 0 radical (unpaired) electrons. The molecule has 1 rings (SSSR count). The van der Waals surface area contributed by atoms with E-state index in [-0.39, 0.29) is 126 Å². The van der Waals surface area contributed by atoms with E-state index in [1.54, 1.807) is 53.7 Å². The zero-order valence-corrected chi connectivity index (χ0v) is 54.7. The van der Waals surface area contributed by atoms with Gasteiger partial charge in [0.05, 0.1) is 71.3 Å². The third kappa shape index (κ3) is 57.7. The van der Waals surface area contributed by atoms with Gasteiger partial charge in [0.1, 0.15) is 50.1 Å². The Kier molecular flexibility index (Phi) is 53.5. The summed E-state index contributed by atoms with van der Waals surface area (Å²) in [4.78, 5) is 44.1. The molecule has 74 heavy (non-hydrogen) atoms. The van der Waals surface area contributed by atoms with E-state index in [0.717, 1.165) is 6.42 Å². The Balaban J connectivity index is -0.000000150. The predicted molar refractivity (Wildman–Crippen MR) is 254 cm³/mol. The quantitative estimate of drug-likeness (QED) is 0.0290. The van der Waals surface area contributed by atoms with E-state index < -0.39 is 129 Å². The normalized spacial score (nSPS) is 14.0. The minimum absolute atomic E-state index is 0. The van der Waals surface area contributed by atoms with Crippen molar-refractivity contribution in [1.82, 2.24) is 0 Å². The van der Waals surface area contributed by atoms with Crippen molar-refractivity contribution in [3.05, 3.63) is 35.4 Å². The molecule has 420 valence electrons. The third-order valence-electron chi connectivity index (χ3n) is 9.36. The molecule has 7 atom stereocenters. The van der Waals surface area contributed by atoms with Crippen LogP contribution >= 0.6 is 0 Å². The second-order valence-electron chi connectivity index (χ2n) is 15.9. The van der Waals surface area contributed by atoms with E-state index in [1.807, 2.05) is 26.0 Å². The van der Waals surface area contributed by atoms with Gasteiger partial charge in [-0.15, -0.1) is 0 Å². The SMILES string of the molecule is CCC(C)C(=O)OCC(O)CS(=O)(=O)O.CCC(C)C(=O)OCC(O)CS(=O)(=O)[O-].CCC(C)C(=O)OCCS(=O)(=O)O.CCC(C)C(=O)OCCS(=O)(=O)[O-].CCC(C)c1ccc(CS(=O)(=O)[O-])cc1.[Na+].[Na+].[Na+]. The first-order valence-electron chi connectivity index (χ1n) is 22.0. The van der Waals surface area contributed by atoms with Crippen LogP contribution < -0.4 is 88.7 Å². The van der Waals surface area contributed by atoms with Gasteiger partial charge >= 0.3 is 113 Å². The van der Waals surface area contributed by atoms with E-state index in [2.05, 4.69) is 32.8 Å². The molecule has 0 aliphatic carbocycles. The molecule has 33 heteroatoms. The van der Waals surface area contributed by atoms with Crippen molar-refractivity contribution >= 4 is 74.5 Å². The Morgan fingerprint density at radius 1 is 0.473 bits per heavy atom. The number of aliphatic hydroxyl groups excluding tert-OH is 2. The number of hydrogen-bond acceptors (Lipinski definition) is 23. The fourth-order valence-electron chi connectivity index (χ4n) is 4.04. The summed E-state index contributed by atoms with van der Waals surface area (Å²) in [5, 5.41) is 18.1. The smallest absolute Gasteiger partial charge is 0.748 e. The number of aliphatic hydroxyl groups is 2. The number of benzene rings is 1. The van der Waals surface area contributed by atoms with Gasteiger partial charge in [0.15, 0.2) is 0 Å². The van der Waals surface area contributed by atoms with Crippen LogP contribution in [-0.4, -0.2) is 161 Å². The number of carbonyl (C=O) groups excluding carboxylic acids is 4. The number of carbonyl (C=O) groups is 4. The molecule has 4 N–H and O–H groups in total. The minimum Gasteiger partial charge on any atom is -0.748 e. The fourth-order valence-corrected chi connectivity index (χ4v) is 6.37. The van der Waals surface area contributed by atoms with Crippen LogP contribution in [0.4, 0.5) is 0 Å². The molecule has 0 heterocycles. The summed E-state index contributed by atoms with van der Waals surface area (Å²) in [7, 11) is -21.2. The van der Waals surface area contributed by atoms with Crippen molar-refractivity contribution in [3.63, 3.8) is 0 Å². The predicted octanol–water partition coefficient (Wildman–Crippen LogP) is -6.85. The second kappa shape index (κ2) is 45.3. The number of esters is 4. The van der Waals surface area contributed by atoms with Crippen LogP contribution in [0.25, 0.3) is 0 Å². The Labute approximate surface area is 504 Å². The maximum atomic E-state index is 11.1. The average molecular weight is 1200 g/mol. The Morgan fingerprint density at radius 2 is 0.797 bits per heavy atom. The van der Waals surface area contributed by atoms with Crippen LogP contribution in [0.5, 0.6) is 0 Å². The van der Waals surface area contributed by atoms with E-state index >= 15 is 0 Å². The summed E-state index contributed by atoms with van der Waals surface area (Å²) in [6.07, 6.45) is 0.656. The van der Waals surface area contributed by atoms with Crippen LogP contribution in [0.3, 0.4) is 0 Å². The van der Waals surface area contributed by atoms with Gasteiger partial charge in [-0.3, -0.25) is 28.3 Å². The first-order valence-corrected chi connectivity index (χ1v) is 29.9. The van der Waals surface area contributed by atoms with E-state index in [9.17, 15) is 74.9 Å². The molecule has 0 saturated heterocycles. The maximum Gasteiger partial charge on any atom is 1.00 e. The molecule has 7 unspecified atom stereocenters. The van der Waals surface area contributed by atoms with Gasteiger partial charge in [0.25, 0.3) is 20.2 Å². The van der Waals surface area contributed by atoms with Gasteiger partial charge in [-0.2, -0.15) is 16.8 Å². The van der Waals surface area contributed by atoms with Crippen molar-refractivity contribution in [2.75, 3.05) is 49.4 Å². The second-order valence-corrected chi connectivity index (χ2v) is 23.4. The van der Waals surface area contributed by atoms with Crippen molar-refractivity contribution in [2.24, 2.45) is 23.7 Å². The third-order valence-corrected chi connectivity index (χ3v) is 13.0. The van der Waals surface area contributed by atoms with Crippen molar-refractivity contribution in [2.45, 2.75) is 125 Å². The van der Waals surface area contributed by atoms with Gasteiger partial charge in [-0.25, -0.2) is 25.3 Å². The van der Waals surface area contributed by atoms with Gasteiger partial charge < -0.3 is 42.8 Å². The number of rotatable bonds is 26. The van der Waals surface area contributed by atoms with Gasteiger partial charge in [0, 0.05) is 0 Å². The summed E-state index contributed by atoms with van der Waals surface area (Å²) in [5.74, 6) is -5.94. The van der Waals surface area contributed by atoms with Gasteiger partial charge in [0.2, 0.25) is 0 Å². The summed E-state index contributed by atoms with van der Waals surface area (Å²) < 4.78 is 169. The monoisotopic (exact) mass is 1190 g/mol. The molecular formula is C41H73Na3O25S5. The van der Waals surface area contributed by atoms with Crippen LogP contribution in [-0.2, 0) is 94.5 Å². The molecule has 0 spiro atoms.